The van der Waals surface area contributed by atoms with Crippen LogP contribution in [0.1, 0.15) is 34.6 Å². The summed E-state index contributed by atoms with van der Waals surface area (Å²) in [7, 11) is -3.60. The van der Waals surface area contributed by atoms with Crippen LogP contribution in [0.2, 0.25) is 0 Å². The Morgan fingerprint density at radius 1 is 1.11 bits per heavy atom. The molecule has 0 aromatic heterocycles. The Morgan fingerprint density at radius 3 is 1.89 bits per heavy atom. The molecule has 0 bridgehead atoms. The molecule has 0 aliphatic carbocycles. The maximum absolute atomic E-state index is 12.5. The molecule has 0 aliphatic rings. The van der Waals surface area contributed by atoms with Crippen molar-refractivity contribution in [3.63, 3.8) is 0 Å². The molecule has 0 radical (unpaired) electrons. The van der Waals surface area contributed by atoms with Crippen LogP contribution in [0.15, 0.2) is 11.6 Å². The van der Waals surface area contributed by atoms with Crippen molar-refractivity contribution in [2.45, 2.75) is 34.6 Å². The number of ether oxygens (including phenoxy) is 1. The summed E-state index contributed by atoms with van der Waals surface area (Å²) < 4.78 is 27.7. The molecule has 0 aromatic rings. The van der Waals surface area contributed by atoms with Crippen molar-refractivity contribution in [2.24, 2.45) is 0 Å². The fraction of sp³-hybridized carbons (Fsp3) is 0.667. The number of allylic oxidation sites excluding steroid dienone is 1. The molecule has 0 unspecified atom stereocenters. The van der Waals surface area contributed by atoms with Crippen molar-refractivity contribution in [3.8, 4) is 0 Å². The number of rotatable bonds is 8. The Bertz CT molecular complexity index is 329. The normalized spacial score (nSPS) is 10.4. The van der Waals surface area contributed by atoms with Crippen molar-refractivity contribution >= 4 is 13.6 Å². The van der Waals surface area contributed by atoms with Gasteiger partial charge in [0.05, 0.1) is 19.8 Å². The Balaban J connectivity index is 0. The predicted molar refractivity (Wildman–Crippen MR) is 70.2 cm³/mol. The van der Waals surface area contributed by atoms with Crippen molar-refractivity contribution in [2.75, 3.05) is 19.8 Å². The number of esters is 1. The van der Waals surface area contributed by atoms with Crippen molar-refractivity contribution in [1.82, 2.24) is 0 Å². The summed E-state index contributed by atoms with van der Waals surface area (Å²) >= 11 is 0. The van der Waals surface area contributed by atoms with Crippen LogP contribution in [0.5, 0.6) is 0 Å². The zero-order valence-electron chi connectivity index (χ0n) is 12.7. The second-order valence-corrected chi connectivity index (χ2v) is 5.65. The van der Waals surface area contributed by atoms with E-state index < -0.39 is 13.6 Å². The quantitative estimate of drug-likeness (QED) is 0.278. The molecule has 0 spiro atoms. The van der Waals surface area contributed by atoms with Crippen molar-refractivity contribution in [3.05, 3.63) is 17.3 Å². The molecule has 0 aromatic carbocycles. The maximum atomic E-state index is 12.5. The SMILES string of the molecule is CCOC(=O)[C-](C=C(C)C)P(=O)(OCC)OCC.[Li+]. The molecule has 0 heterocycles. The zero-order chi connectivity index (χ0) is 14.2. The second-order valence-electron chi connectivity index (χ2n) is 3.66. The molecule has 0 amide bonds. The van der Waals surface area contributed by atoms with Crippen LogP contribution < -0.4 is 18.9 Å². The fourth-order valence-corrected chi connectivity index (χ4v) is 2.98. The molecule has 7 heteroatoms. The van der Waals surface area contributed by atoms with Gasteiger partial charge < -0.3 is 13.8 Å². The first-order chi connectivity index (χ1) is 8.41. The van der Waals surface area contributed by atoms with Crippen LogP contribution in [0.25, 0.3) is 0 Å². The minimum absolute atomic E-state index is 0. The molecule has 0 aliphatic heterocycles. The smallest absolute Gasteiger partial charge is 0.476 e. The van der Waals surface area contributed by atoms with E-state index in [9.17, 15) is 9.36 Å². The van der Waals surface area contributed by atoms with Gasteiger partial charge in [-0.3, -0.25) is 9.36 Å². The van der Waals surface area contributed by atoms with E-state index in [-0.39, 0.29) is 44.3 Å². The minimum Gasteiger partial charge on any atom is -0.476 e. The third-order valence-electron chi connectivity index (χ3n) is 1.80. The van der Waals surface area contributed by atoms with E-state index >= 15 is 0 Å². The van der Waals surface area contributed by atoms with E-state index in [0.29, 0.717) is 0 Å². The number of carbonyl (C=O) groups is 1. The van der Waals surface area contributed by atoms with E-state index in [1.165, 1.54) is 6.08 Å². The average Bonchev–Trinajstić information content (AvgIpc) is 2.26. The summed E-state index contributed by atoms with van der Waals surface area (Å²) in [6.45, 7) is 9.24. The molecule has 0 fully saturated rings. The molecule has 0 atom stereocenters. The van der Waals surface area contributed by atoms with Crippen molar-refractivity contribution < 1.29 is 42.0 Å². The van der Waals surface area contributed by atoms with Gasteiger partial charge in [0.25, 0.3) is 13.6 Å². The van der Waals surface area contributed by atoms with Crippen LogP contribution in [-0.2, 0) is 23.1 Å². The topological polar surface area (TPSA) is 61.8 Å². The Labute approximate surface area is 127 Å². The summed E-state index contributed by atoms with van der Waals surface area (Å²) in [5, 5.41) is 0. The number of hydrogen-bond donors (Lipinski definition) is 0. The molecule has 106 valence electrons. The van der Waals surface area contributed by atoms with Crippen LogP contribution >= 0.6 is 7.60 Å². The van der Waals surface area contributed by atoms with Gasteiger partial charge in [-0.25, -0.2) is 11.6 Å². The first-order valence-electron chi connectivity index (χ1n) is 5.99. The molecular formula is C12H22LiO5P. The summed E-state index contributed by atoms with van der Waals surface area (Å²) in [5.74, 6) is -0.663. The summed E-state index contributed by atoms with van der Waals surface area (Å²) in [6, 6.07) is 0. The van der Waals surface area contributed by atoms with Gasteiger partial charge in [0.15, 0.2) is 0 Å². The van der Waals surface area contributed by atoms with Crippen LogP contribution in [-0.4, -0.2) is 25.8 Å². The summed E-state index contributed by atoms with van der Waals surface area (Å²) in [5.41, 5.74) is 0.769. The summed E-state index contributed by atoms with van der Waals surface area (Å²) in [4.78, 5) is 11.8. The van der Waals surface area contributed by atoms with Gasteiger partial charge >= 0.3 is 18.9 Å². The third-order valence-corrected chi connectivity index (χ3v) is 3.90. The van der Waals surface area contributed by atoms with Gasteiger partial charge in [0.1, 0.15) is 0 Å². The van der Waals surface area contributed by atoms with Gasteiger partial charge in [-0.2, -0.15) is 0 Å². The van der Waals surface area contributed by atoms with Gasteiger partial charge in [-0.1, -0.05) is 0 Å². The molecule has 0 saturated carbocycles. The minimum atomic E-state index is -3.60. The molecule has 5 nitrogen and oxygen atoms in total. The predicted octanol–water partition coefficient (Wildman–Crippen LogP) is 0.318. The van der Waals surface area contributed by atoms with Gasteiger partial charge in [-0.05, 0) is 20.8 Å². The monoisotopic (exact) mass is 284 g/mol. The largest absolute Gasteiger partial charge is 1.00 e. The van der Waals surface area contributed by atoms with E-state index in [2.05, 4.69) is 0 Å². The molecule has 0 rings (SSSR count). The molecular weight excluding hydrogens is 262 g/mol. The fourth-order valence-electron chi connectivity index (χ4n) is 1.24. The van der Waals surface area contributed by atoms with Crippen molar-refractivity contribution in [1.29, 1.82) is 0 Å². The first kappa shape index (κ1) is 21.1. The van der Waals surface area contributed by atoms with Crippen LogP contribution in [0.3, 0.4) is 0 Å². The Morgan fingerprint density at radius 2 is 1.58 bits per heavy atom. The number of carbonyl (C=O) groups excluding carboxylic acids is 1. The third kappa shape index (κ3) is 7.25. The molecule has 19 heavy (non-hydrogen) atoms. The van der Waals surface area contributed by atoms with Crippen LogP contribution in [0, 0.1) is 5.66 Å². The molecule has 0 saturated heterocycles. The standard InChI is InChI=1S/C12H22O5P.Li/c1-6-15-12(13)11(9-10(4)5)18(14,16-7-2)17-8-3;/h9H,6-8H2,1-5H3;/q-1;+1. The molecule has 0 N–H and O–H groups in total. The van der Waals surface area contributed by atoms with E-state index in [1.54, 1.807) is 34.6 Å². The first-order valence-corrected chi connectivity index (χ1v) is 7.54. The Kier molecular flexibility index (Phi) is 11.8. The maximum Gasteiger partial charge on any atom is 1.00 e. The van der Waals surface area contributed by atoms with E-state index in [1.807, 2.05) is 0 Å². The second kappa shape index (κ2) is 10.6. The summed E-state index contributed by atoms with van der Waals surface area (Å²) in [6.07, 6.45) is 1.49. The van der Waals surface area contributed by atoms with E-state index in [0.717, 1.165) is 5.57 Å². The average molecular weight is 284 g/mol. The van der Waals surface area contributed by atoms with Crippen LogP contribution in [0.4, 0.5) is 0 Å². The van der Waals surface area contributed by atoms with Gasteiger partial charge in [-0.15, -0.1) is 13.8 Å². The number of hydrogen-bond acceptors (Lipinski definition) is 5. The van der Waals surface area contributed by atoms with Gasteiger partial charge in [0, 0.05) is 5.66 Å². The zero-order valence-corrected chi connectivity index (χ0v) is 13.6. The van der Waals surface area contributed by atoms with E-state index in [4.69, 9.17) is 13.8 Å². The Hall–Kier alpha value is -0.173. The van der Waals surface area contributed by atoms with Gasteiger partial charge in [0.2, 0.25) is 0 Å².